The predicted octanol–water partition coefficient (Wildman–Crippen LogP) is 10.6. The molecule has 0 N–H and O–H groups in total. The Bertz CT molecular complexity index is 2080. The van der Waals surface area contributed by atoms with Gasteiger partial charge in [0.15, 0.2) is 0 Å². The van der Waals surface area contributed by atoms with Crippen molar-refractivity contribution in [3.63, 3.8) is 0 Å². The molecule has 46 heavy (non-hydrogen) atoms. The first kappa shape index (κ1) is 32.2. The third kappa shape index (κ3) is 6.56. The number of aromatic nitrogens is 2. The van der Waals surface area contributed by atoms with Gasteiger partial charge in [-0.1, -0.05) is 90.8 Å². The van der Waals surface area contributed by atoms with Gasteiger partial charge >= 0.3 is 0 Å². The van der Waals surface area contributed by atoms with Gasteiger partial charge in [0.25, 0.3) is 0 Å². The number of nitrogens with zero attached hydrogens (tertiary/aromatic N) is 2. The van der Waals surface area contributed by atoms with Gasteiger partial charge in [0.05, 0.1) is 8.07 Å². The first-order valence-corrected chi connectivity index (χ1v) is 20.1. The van der Waals surface area contributed by atoms with Crippen molar-refractivity contribution in [2.75, 3.05) is 0 Å². The van der Waals surface area contributed by atoms with Gasteiger partial charge in [-0.15, -0.1) is 59.7 Å². The van der Waals surface area contributed by atoms with Crippen LogP contribution in [0.3, 0.4) is 0 Å². The minimum absolute atomic E-state index is 0. The molecule has 0 saturated carbocycles. The summed E-state index contributed by atoms with van der Waals surface area (Å²) in [5, 5.41) is 4.05. The molecule has 1 radical (unpaired) electrons. The molecular weight excluding hydrogens is 773 g/mol. The Morgan fingerprint density at radius 2 is 1.57 bits per heavy atom. The normalized spacial score (nSPS) is 12.6. The molecule has 2 nitrogen and oxygen atoms in total. The van der Waals surface area contributed by atoms with E-state index in [4.69, 9.17) is 4.98 Å². The van der Waals surface area contributed by atoms with Crippen molar-refractivity contribution in [2.45, 2.75) is 45.3 Å². The first-order valence-electron chi connectivity index (χ1n) is 15.8. The summed E-state index contributed by atoms with van der Waals surface area (Å²) >= 11 is 1.87. The smallest absolute Gasteiger partial charge is 0.0795 e. The molecule has 7 aromatic rings. The molecule has 0 saturated heterocycles. The number of fused-ring (bicyclic) bond motifs is 4. The Morgan fingerprint density at radius 3 is 2.33 bits per heavy atom. The summed E-state index contributed by atoms with van der Waals surface area (Å²) in [6.07, 6.45) is 8.84. The molecule has 0 unspecified atom stereocenters. The summed E-state index contributed by atoms with van der Waals surface area (Å²) in [7, 11) is -1.23. The molecule has 0 atom stereocenters. The molecule has 0 aliphatic heterocycles. The van der Waals surface area contributed by atoms with Crippen molar-refractivity contribution in [2.24, 2.45) is 0 Å². The summed E-state index contributed by atoms with van der Waals surface area (Å²) in [4.78, 5) is 9.36. The Balaban J connectivity index is 0.000000187. The zero-order valence-electron chi connectivity index (χ0n) is 26.4. The molecule has 3 aromatic heterocycles. The van der Waals surface area contributed by atoms with E-state index < -0.39 is 8.07 Å². The monoisotopic (exact) mass is 809 g/mol. The van der Waals surface area contributed by atoms with Crippen LogP contribution in [0.2, 0.25) is 19.6 Å². The van der Waals surface area contributed by atoms with Gasteiger partial charge in [-0.05, 0) is 75.6 Å². The van der Waals surface area contributed by atoms with E-state index in [-0.39, 0.29) is 20.1 Å². The third-order valence-corrected chi connectivity index (χ3v) is 11.9. The predicted molar refractivity (Wildman–Crippen MR) is 195 cm³/mol. The standard InChI is InChI=1S/C27H20NS.C14H16NSi.Ir/c1-2-8-18(9-3-1)20-12-7-15-24-25(20)22-13-6-14-23(27(22)29-24)26-21-11-5-4-10-19(21)16-17-28-26;1-16(2,3)13-9-10-14(15-11-13)12-7-5-4-6-8-12;/h1-3,6-9,12-13,15-17H,4-5,10-11H2;4-7,9-11H,1-3H3;/q2*-1;. The van der Waals surface area contributed by atoms with E-state index in [1.807, 2.05) is 48.0 Å². The van der Waals surface area contributed by atoms with E-state index >= 15 is 0 Å². The van der Waals surface area contributed by atoms with Gasteiger partial charge in [0, 0.05) is 37.2 Å². The summed E-state index contributed by atoms with van der Waals surface area (Å²) in [6.45, 7) is 7.00. The van der Waals surface area contributed by atoms with Crippen LogP contribution in [0.4, 0.5) is 0 Å². The van der Waals surface area contributed by atoms with E-state index in [0.717, 1.165) is 23.4 Å². The van der Waals surface area contributed by atoms with Crippen LogP contribution in [-0.4, -0.2) is 18.0 Å². The molecule has 1 aliphatic carbocycles. The van der Waals surface area contributed by atoms with E-state index in [0.29, 0.717) is 0 Å². The Kier molecular flexibility index (Phi) is 9.77. The summed E-state index contributed by atoms with van der Waals surface area (Å²) in [6, 6.07) is 42.8. The van der Waals surface area contributed by atoms with E-state index in [9.17, 15) is 0 Å². The third-order valence-electron chi connectivity index (χ3n) is 8.67. The number of pyridine rings is 2. The Labute approximate surface area is 291 Å². The Hall–Kier alpha value is -3.73. The molecule has 1 aliphatic rings. The number of benzene rings is 4. The van der Waals surface area contributed by atoms with Crippen LogP contribution in [-0.2, 0) is 32.9 Å². The van der Waals surface area contributed by atoms with Gasteiger partial charge < -0.3 is 9.97 Å². The second kappa shape index (κ2) is 13.9. The van der Waals surface area contributed by atoms with E-state index in [1.54, 1.807) is 0 Å². The fourth-order valence-electron chi connectivity index (χ4n) is 6.25. The van der Waals surface area contributed by atoms with Gasteiger partial charge in [0.1, 0.15) is 0 Å². The number of rotatable bonds is 4. The van der Waals surface area contributed by atoms with Crippen molar-refractivity contribution < 1.29 is 20.1 Å². The molecule has 4 aromatic carbocycles. The first-order chi connectivity index (χ1) is 22.0. The largest absolute Gasteiger partial charge is 0.305 e. The quantitative estimate of drug-likeness (QED) is 0.131. The van der Waals surface area contributed by atoms with Crippen LogP contribution in [0.1, 0.15) is 24.0 Å². The fraction of sp³-hybridized carbons (Fsp3) is 0.171. The van der Waals surface area contributed by atoms with E-state index in [2.05, 4.69) is 116 Å². The molecule has 5 heteroatoms. The molecule has 8 rings (SSSR count). The maximum absolute atomic E-state index is 4.84. The zero-order chi connectivity index (χ0) is 30.8. The van der Waals surface area contributed by atoms with Crippen LogP contribution in [0.5, 0.6) is 0 Å². The van der Waals surface area contributed by atoms with Crippen molar-refractivity contribution >= 4 is 44.8 Å². The summed E-state index contributed by atoms with van der Waals surface area (Å²) in [5.74, 6) is 0. The van der Waals surface area contributed by atoms with Crippen LogP contribution >= 0.6 is 11.3 Å². The molecule has 0 spiro atoms. The van der Waals surface area contributed by atoms with Gasteiger partial charge in [-0.25, -0.2) is 0 Å². The summed E-state index contributed by atoms with van der Waals surface area (Å²) < 4.78 is 2.63. The number of aryl methyl sites for hydroxylation is 1. The topological polar surface area (TPSA) is 25.8 Å². The van der Waals surface area contributed by atoms with E-state index in [1.165, 1.54) is 72.4 Å². The van der Waals surface area contributed by atoms with Gasteiger partial charge in [0.2, 0.25) is 0 Å². The minimum Gasteiger partial charge on any atom is -0.305 e. The van der Waals surface area contributed by atoms with Crippen LogP contribution in [0, 0.1) is 12.1 Å². The van der Waals surface area contributed by atoms with Gasteiger partial charge in [-0.2, -0.15) is 11.3 Å². The molecular formula is C41H36IrN2SSi-2. The Morgan fingerprint density at radius 1 is 0.739 bits per heavy atom. The molecule has 3 heterocycles. The van der Waals surface area contributed by atoms with Crippen molar-refractivity contribution in [3.8, 4) is 33.6 Å². The van der Waals surface area contributed by atoms with Crippen molar-refractivity contribution in [1.82, 2.24) is 9.97 Å². The minimum atomic E-state index is -1.23. The molecule has 0 fully saturated rings. The maximum atomic E-state index is 4.84. The fourth-order valence-corrected chi connectivity index (χ4v) is 8.51. The average Bonchev–Trinajstić information content (AvgIpc) is 3.48. The average molecular weight is 809 g/mol. The molecule has 0 amide bonds. The SMILES string of the molecule is C[Si](C)(C)c1ccc(-c2[c-]cccc2)nc1.[Ir].[c-]1ccc2c(sc3cccc(-c4ccccc4)c32)c1-c1nccc2c1CCCC2. The summed E-state index contributed by atoms with van der Waals surface area (Å²) in [5.41, 5.74) is 9.84. The number of hydrogen-bond acceptors (Lipinski definition) is 3. The second-order valence-electron chi connectivity index (χ2n) is 12.7. The van der Waals surface area contributed by atoms with Gasteiger partial charge in [-0.3, -0.25) is 0 Å². The number of thiophene rings is 1. The molecule has 0 bridgehead atoms. The second-order valence-corrected chi connectivity index (χ2v) is 18.8. The van der Waals surface area contributed by atoms with Crippen molar-refractivity contribution in [1.29, 1.82) is 0 Å². The maximum Gasteiger partial charge on any atom is 0.0795 e. The van der Waals surface area contributed by atoms with Crippen molar-refractivity contribution in [3.05, 3.63) is 139 Å². The number of hydrogen-bond donors (Lipinski definition) is 0. The van der Waals surface area contributed by atoms with Crippen LogP contribution in [0.15, 0.2) is 116 Å². The van der Waals surface area contributed by atoms with Crippen LogP contribution in [0.25, 0.3) is 53.8 Å². The van der Waals surface area contributed by atoms with Crippen LogP contribution < -0.4 is 5.19 Å². The molecule has 231 valence electrons. The zero-order valence-corrected chi connectivity index (χ0v) is 30.6.